The molecule has 6 heteroatoms. The largest absolute Gasteiger partial charge is 0.358 e. The maximum atomic E-state index is 11.3. The van der Waals surface area contributed by atoms with E-state index in [1.807, 2.05) is 6.92 Å². The Hall–Kier alpha value is -1.04. The van der Waals surface area contributed by atoms with E-state index in [4.69, 9.17) is 0 Å². The number of amides is 1. The Labute approximate surface area is 118 Å². The van der Waals surface area contributed by atoms with Gasteiger partial charge in [-0.3, -0.25) is 4.79 Å². The zero-order valence-electron chi connectivity index (χ0n) is 11.8. The van der Waals surface area contributed by atoms with Crippen LogP contribution in [0.1, 0.15) is 44.5 Å². The molecule has 1 aromatic rings. The second-order valence-corrected chi connectivity index (χ2v) is 6.23. The molecule has 1 heterocycles. The maximum Gasteiger partial charge on any atom is 0.230 e. The van der Waals surface area contributed by atoms with E-state index >= 15 is 0 Å². The normalized spacial score (nSPS) is 23.3. The first-order chi connectivity index (χ1) is 9.11. The molecule has 5 nitrogen and oxygen atoms in total. The number of thioether (sulfide) groups is 1. The van der Waals surface area contributed by atoms with Gasteiger partial charge in [0, 0.05) is 13.1 Å². The number of carbonyl (C=O) groups is 1. The fourth-order valence-corrected chi connectivity index (χ4v) is 3.63. The van der Waals surface area contributed by atoms with Crippen molar-refractivity contribution in [1.29, 1.82) is 0 Å². The Kier molecular flexibility index (Phi) is 4.85. The number of carbonyl (C=O) groups excluding carboxylic acids is 1. The summed E-state index contributed by atoms with van der Waals surface area (Å²) in [5, 5.41) is 11.9. The first-order valence-electron chi connectivity index (χ1n) is 6.86. The fraction of sp³-hybridized carbons (Fsp3) is 0.769. The van der Waals surface area contributed by atoms with Gasteiger partial charge in [-0.05, 0) is 25.7 Å². The molecule has 2 rings (SSSR count). The van der Waals surface area contributed by atoms with E-state index in [0.717, 1.165) is 16.9 Å². The highest BCUT2D eigenvalue weighted by Gasteiger charge is 2.24. The Morgan fingerprint density at radius 1 is 1.47 bits per heavy atom. The van der Waals surface area contributed by atoms with Crippen molar-refractivity contribution in [2.45, 2.75) is 50.7 Å². The molecule has 0 bridgehead atoms. The van der Waals surface area contributed by atoms with Gasteiger partial charge in [-0.25, -0.2) is 0 Å². The number of rotatable bonds is 4. The topological polar surface area (TPSA) is 59.8 Å². The van der Waals surface area contributed by atoms with Gasteiger partial charge in [-0.2, -0.15) is 0 Å². The first-order valence-corrected chi connectivity index (χ1v) is 7.85. The number of nitrogens with one attached hydrogen (secondary N) is 1. The highest BCUT2D eigenvalue weighted by atomic mass is 32.2. The van der Waals surface area contributed by atoms with Crippen molar-refractivity contribution in [3.8, 4) is 0 Å². The second kappa shape index (κ2) is 6.41. The van der Waals surface area contributed by atoms with Crippen LogP contribution in [0.4, 0.5) is 0 Å². The predicted octanol–water partition coefficient (Wildman–Crippen LogP) is 2.18. The highest BCUT2D eigenvalue weighted by Crippen LogP contribution is 2.35. The predicted molar refractivity (Wildman–Crippen MR) is 76.2 cm³/mol. The molecule has 0 saturated heterocycles. The summed E-state index contributed by atoms with van der Waals surface area (Å²) in [5.41, 5.74) is 0. The molecule has 1 fully saturated rings. The van der Waals surface area contributed by atoms with E-state index < -0.39 is 0 Å². The van der Waals surface area contributed by atoms with Crippen LogP contribution < -0.4 is 5.32 Å². The minimum atomic E-state index is 0.0224. The minimum absolute atomic E-state index is 0.0224. The van der Waals surface area contributed by atoms with Crippen LogP contribution >= 0.6 is 11.8 Å². The monoisotopic (exact) mass is 282 g/mol. The summed E-state index contributed by atoms with van der Waals surface area (Å²) in [6.45, 7) is 4.30. The number of hydrogen-bond acceptors (Lipinski definition) is 4. The summed E-state index contributed by atoms with van der Waals surface area (Å²) in [5.74, 6) is 2.14. The fourth-order valence-electron chi connectivity index (χ4n) is 2.71. The van der Waals surface area contributed by atoms with Crippen molar-refractivity contribution in [1.82, 2.24) is 20.1 Å². The third-order valence-electron chi connectivity index (χ3n) is 3.72. The van der Waals surface area contributed by atoms with Crippen LogP contribution in [0.3, 0.4) is 0 Å². The van der Waals surface area contributed by atoms with Gasteiger partial charge in [-0.15, -0.1) is 10.2 Å². The summed E-state index contributed by atoms with van der Waals surface area (Å²) in [6, 6.07) is 0.492. The van der Waals surface area contributed by atoms with Crippen molar-refractivity contribution < 1.29 is 4.79 Å². The molecular weight excluding hydrogens is 260 g/mol. The van der Waals surface area contributed by atoms with Crippen molar-refractivity contribution >= 4 is 17.7 Å². The molecule has 0 radical (unpaired) electrons. The van der Waals surface area contributed by atoms with E-state index in [1.165, 1.54) is 37.4 Å². The number of hydrogen-bond donors (Lipinski definition) is 1. The summed E-state index contributed by atoms with van der Waals surface area (Å²) < 4.78 is 2.23. The van der Waals surface area contributed by atoms with Gasteiger partial charge in [0.1, 0.15) is 5.82 Å². The van der Waals surface area contributed by atoms with Gasteiger partial charge in [-0.1, -0.05) is 31.5 Å². The molecule has 0 unspecified atom stereocenters. The molecule has 0 aliphatic heterocycles. The smallest absolute Gasteiger partial charge is 0.230 e. The lowest BCUT2D eigenvalue weighted by atomic mass is 9.87. The van der Waals surface area contributed by atoms with E-state index in [2.05, 4.69) is 27.0 Å². The average Bonchev–Trinajstić information content (AvgIpc) is 2.77. The quantitative estimate of drug-likeness (QED) is 0.860. The molecule has 1 aliphatic carbocycles. The SMILES string of the molecule is CNC(=O)CSc1nnc(C)n1[C@H]1CCC[C@@H](C)C1. The van der Waals surface area contributed by atoms with Crippen LogP contribution in [-0.4, -0.2) is 33.5 Å². The van der Waals surface area contributed by atoms with Crippen LogP contribution in [0, 0.1) is 12.8 Å². The summed E-state index contributed by atoms with van der Waals surface area (Å²) in [4.78, 5) is 11.3. The van der Waals surface area contributed by atoms with Crippen molar-refractivity contribution in [2.24, 2.45) is 5.92 Å². The molecule has 1 aliphatic rings. The molecule has 0 aromatic carbocycles. The Bertz CT molecular complexity index is 446. The zero-order valence-corrected chi connectivity index (χ0v) is 12.7. The summed E-state index contributed by atoms with van der Waals surface area (Å²) in [7, 11) is 1.65. The summed E-state index contributed by atoms with van der Waals surface area (Å²) >= 11 is 1.47. The molecular formula is C13H22N4OS. The van der Waals surface area contributed by atoms with Gasteiger partial charge in [0.15, 0.2) is 5.16 Å². The highest BCUT2D eigenvalue weighted by molar-refractivity contribution is 7.99. The average molecular weight is 282 g/mol. The number of nitrogens with zero attached hydrogens (tertiary/aromatic N) is 3. The van der Waals surface area contributed by atoms with Crippen LogP contribution in [0.5, 0.6) is 0 Å². The number of aromatic nitrogens is 3. The van der Waals surface area contributed by atoms with Crippen LogP contribution in [-0.2, 0) is 4.79 Å². The molecule has 0 spiro atoms. The van der Waals surface area contributed by atoms with E-state index in [1.54, 1.807) is 7.05 Å². The molecule has 2 atom stereocenters. The molecule has 1 amide bonds. The van der Waals surface area contributed by atoms with E-state index in [0.29, 0.717) is 11.8 Å². The van der Waals surface area contributed by atoms with Crippen molar-refractivity contribution in [3.05, 3.63) is 5.82 Å². The van der Waals surface area contributed by atoms with Gasteiger partial charge < -0.3 is 9.88 Å². The molecule has 1 aromatic heterocycles. The van der Waals surface area contributed by atoms with Crippen LogP contribution in [0.15, 0.2) is 5.16 Å². The first kappa shape index (κ1) is 14.4. The second-order valence-electron chi connectivity index (χ2n) is 5.29. The van der Waals surface area contributed by atoms with Gasteiger partial charge in [0.25, 0.3) is 0 Å². The minimum Gasteiger partial charge on any atom is -0.358 e. The maximum absolute atomic E-state index is 11.3. The molecule has 1 saturated carbocycles. The lowest BCUT2D eigenvalue weighted by Gasteiger charge is -2.29. The molecule has 1 N–H and O–H groups in total. The number of aryl methyl sites for hydroxylation is 1. The molecule has 19 heavy (non-hydrogen) atoms. The van der Waals surface area contributed by atoms with Gasteiger partial charge in [0.05, 0.1) is 5.75 Å². The van der Waals surface area contributed by atoms with E-state index in [9.17, 15) is 4.79 Å². The summed E-state index contributed by atoms with van der Waals surface area (Å²) in [6.07, 6.45) is 4.96. The Morgan fingerprint density at radius 2 is 2.26 bits per heavy atom. The Balaban J connectivity index is 2.10. The Morgan fingerprint density at radius 3 is 2.95 bits per heavy atom. The van der Waals surface area contributed by atoms with Crippen molar-refractivity contribution in [3.63, 3.8) is 0 Å². The van der Waals surface area contributed by atoms with Crippen LogP contribution in [0.25, 0.3) is 0 Å². The van der Waals surface area contributed by atoms with Gasteiger partial charge in [0.2, 0.25) is 5.91 Å². The standard InChI is InChI=1S/C13H22N4OS/c1-9-5-4-6-11(7-9)17-10(2)15-16-13(17)19-8-12(18)14-3/h9,11H,4-8H2,1-3H3,(H,14,18)/t9-,11+/m1/s1. The molecule has 106 valence electrons. The van der Waals surface area contributed by atoms with E-state index in [-0.39, 0.29) is 5.91 Å². The zero-order chi connectivity index (χ0) is 13.8. The third-order valence-corrected chi connectivity index (χ3v) is 4.66. The third kappa shape index (κ3) is 3.49. The lowest BCUT2D eigenvalue weighted by molar-refractivity contribution is -0.118. The lowest BCUT2D eigenvalue weighted by Crippen LogP contribution is -2.22. The van der Waals surface area contributed by atoms with Crippen LogP contribution in [0.2, 0.25) is 0 Å². The van der Waals surface area contributed by atoms with Gasteiger partial charge >= 0.3 is 0 Å². The van der Waals surface area contributed by atoms with Crippen molar-refractivity contribution in [2.75, 3.05) is 12.8 Å².